The van der Waals surface area contributed by atoms with E-state index in [9.17, 15) is 10.1 Å². The molecule has 0 N–H and O–H groups in total. The minimum atomic E-state index is -0.331. The van der Waals surface area contributed by atoms with Gasteiger partial charge in [-0.15, -0.1) is 0 Å². The van der Waals surface area contributed by atoms with Crippen molar-refractivity contribution in [2.75, 3.05) is 13.1 Å². The number of rotatable bonds is 2. The van der Waals surface area contributed by atoms with E-state index in [0.717, 1.165) is 24.1 Å². The van der Waals surface area contributed by atoms with Gasteiger partial charge in [0, 0.05) is 19.2 Å². The third-order valence-electron chi connectivity index (χ3n) is 2.45. The van der Waals surface area contributed by atoms with Gasteiger partial charge in [-0.25, -0.2) is 5.32 Å². The van der Waals surface area contributed by atoms with Gasteiger partial charge in [-0.3, -0.25) is 10.1 Å². The highest BCUT2D eigenvalue weighted by molar-refractivity contribution is 5.73. The van der Waals surface area contributed by atoms with E-state index in [4.69, 9.17) is 0 Å². The fourth-order valence-electron chi connectivity index (χ4n) is 1.72. The Bertz CT molecular complexity index is 413. The van der Waals surface area contributed by atoms with E-state index in [-0.39, 0.29) is 10.6 Å². The first kappa shape index (κ1) is 9.86. The number of para-hydroxylation sites is 1. The molecule has 4 heteroatoms. The molecule has 1 aliphatic rings. The third-order valence-corrected chi connectivity index (χ3v) is 2.45. The number of benzene rings is 1. The lowest BCUT2D eigenvalue weighted by atomic mass is 9.99. The number of nitrogens with zero attached hydrogens (tertiary/aromatic N) is 2. The van der Waals surface area contributed by atoms with Crippen LogP contribution in [0, 0.1) is 10.1 Å². The minimum Gasteiger partial charge on any atom is -0.258 e. The summed E-state index contributed by atoms with van der Waals surface area (Å²) < 4.78 is 0. The Hall–Kier alpha value is -1.68. The number of hydrogen-bond donors (Lipinski definition) is 0. The second-order valence-electron chi connectivity index (χ2n) is 3.38. The van der Waals surface area contributed by atoms with E-state index in [1.165, 1.54) is 0 Å². The molecule has 15 heavy (non-hydrogen) atoms. The van der Waals surface area contributed by atoms with Crippen LogP contribution in [0.4, 0.5) is 5.69 Å². The molecule has 0 bridgehead atoms. The first-order chi connectivity index (χ1) is 7.29. The Morgan fingerprint density at radius 2 is 2.13 bits per heavy atom. The highest BCUT2D eigenvalue weighted by Gasteiger charge is 2.16. The summed E-state index contributed by atoms with van der Waals surface area (Å²) in [5.74, 6) is 0. The predicted molar refractivity (Wildman–Crippen MR) is 57.6 cm³/mol. The molecule has 4 nitrogen and oxygen atoms in total. The zero-order chi connectivity index (χ0) is 10.7. The second-order valence-corrected chi connectivity index (χ2v) is 3.38. The summed E-state index contributed by atoms with van der Waals surface area (Å²) in [4.78, 5) is 10.5. The molecule has 1 aromatic carbocycles. The van der Waals surface area contributed by atoms with Gasteiger partial charge in [-0.2, -0.15) is 0 Å². The first-order valence-electron chi connectivity index (χ1n) is 4.85. The molecule has 1 heterocycles. The molecule has 0 saturated heterocycles. The Balaban J connectivity index is 2.42. The zero-order valence-electron chi connectivity index (χ0n) is 8.22. The lowest BCUT2D eigenvalue weighted by Gasteiger charge is -2.12. The Morgan fingerprint density at radius 3 is 2.80 bits per heavy atom. The van der Waals surface area contributed by atoms with Gasteiger partial charge in [0.25, 0.3) is 5.69 Å². The Kier molecular flexibility index (Phi) is 2.78. The molecule has 0 atom stereocenters. The fraction of sp³-hybridized carbons (Fsp3) is 0.273. The van der Waals surface area contributed by atoms with Crippen LogP contribution in [0.25, 0.3) is 5.57 Å². The van der Waals surface area contributed by atoms with Gasteiger partial charge < -0.3 is 0 Å². The molecule has 2 rings (SSSR count). The van der Waals surface area contributed by atoms with Crippen molar-refractivity contribution in [2.45, 2.75) is 6.42 Å². The van der Waals surface area contributed by atoms with Crippen LogP contribution in [0.15, 0.2) is 30.3 Å². The van der Waals surface area contributed by atoms with Crippen LogP contribution in [0.1, 0.15) is 12.0 Å². The van der Waals surface area contributed by atoms with Crippen molar-refractivity contribution in [3.63, 3.8) is 0 Å². The van der Waals surface area contributed by atoms with Crippen LogP contribution < -0.4 is 5.32 Å². The van der Waals surface area contributed by atoms with E-state index in [0.29, 0.717) is 6.54 Å². The Labute approximate surface area is 87.8 Å². The minimum absolute atomic E-state index is 0.186. The van der Waals surface area contributed by atoms with E-state index in [1.807, 2.05) is 12.1 Å². The molecule has 0 saturated carbocycles. The van der Waals surface area contributed by atoms with E-state index < -0.39 is 0 Å². The Morgan fingerprint density at radius 1 is 1.33 bits per heavy atom. The van der Waals surface area contributed by atoms with Crippen molar-refractivity contribution < 1.29 is 4.92 Å². The summed E-state index contributed by atoms with van der Waals surface area (Å²) in [6, 6.07) is 6.86. The lowest BCUT2D eigenvalue weighted by molar-refractivity contribution is -0.385. The monoisotopic (exact) mass is 203 g/mol. The zero-order valence-corrected chi connectivity index (χ0v) is 8.22. The topological polar surface area (TPSA) is 57.2 Å². The summed E-state index contributed by atoms with van der Waals surface area (Å²) in [6.07, 6.45) is 2.76. The normalized spacial score (nSPS) is 15.9. The fourth-order valence-corrected chi connectivity index (χ4v) is 1.72. The summed E-state index contributed by atoms with van der Waals surface area (Å²) in [5.41, 5.74) is 1.96. The standard InChI is InChI=1S/C11H11N2O2/c14-13(15)11-4-2-1-3-10(11)9-5-7-12-8-6-9/h1-5H,6-8H2. The van der Waals surface area contributed by atoms with Gasteiger partial charge in [0.05, 0.1) is 10.5 Å². The summed E-state index contributed by atoms with van der Waals surface area (Å²) >= 11 is 0. The maximum absolute atomic E-state index is 10.8. The van der Waals surface area contributed by atoms with Crippen LogP contribution in [0.5, 0.6) is 0 Å². The summed E-state index contributed by atoms with van der Waals surface area (Å²) in [6.45, 7) is 1.43. The van der Waals surface area contributed by atoms with E-state index in [2.05, 4.69) is 5.32 Å². The largest absolute Gasteiger partial charge is 0.276 e. The van der Waals surface area contributed by atoms with Gasteiger partial charge in [0.15, 0.2) is 0 Å². The van der Waals surface area contributed by atoms with Crippen LogP contribution in [0.3, 0.4) is 0 Å². The SMILES string of the molecule is O=[N+]([O-])c1ccccc1C1=CC[N]CC1. The van der Waals surface area contributed by atoms with Gasteiger partial charge in [-0.1, -0.05) is 18.2 Å². The predicted octanol–water partition coefficient (Wildman–Crippen LogP) is 1.99. The number of nitro benzene ring substituents is 1. The number of nitro groups is 1. The van der Waals surface area contributed by atoms with Gasteiger partial charge >= 0.3 is 0 Å². The molecule has 77 valence electrons. The maximum Gasteiger partial charge on any atom is 0.276 e. The van der Waals surface area contributed by atoms with Crippen LogP contribution >= 0.6 is 0 Å². The molecular formula is C11H11N2O2. The molecule has 0 amide bonds. The van der Waals surface area contributed by atoms with Crippen molar-refractivity contribution in [3.8, 4) is 0 Å². The van der Waals surface area contributed by atoms with Crippen LogP contribution in [-0.4, -0.2) is 18.0 Å². The van der Waals surface area contributed by atoms with Crippen molar-refractivity contribution in [1.29, 1.82) is 0 Å². The summed E-state index contributed by atoms with van der Waals surface area (Å²) in [7, 11) is 0. The second kappa shape index (κ2) is 4.23. The van der Waals surface area contributed by atoms with Gasteiger partial charge in [0.1, 0.15) is 0 Å². The van der Waals surface area contributed by atoms with Crippen molar-refractivity contribution in [3.05, 3.63) is 46.0 Å². The van der Waals surface area contributed by atoms with E-state index in [1.54, 1.807) is 18.2 Å². The average molecular weight is 203 g/mol. The molecule has 0 fully saturated rings. The molecule has 0 spiro atoms. The molecule has 1 aromatic rings. The highest BCUT2D eigenvalue weighted by atomic mass is 16.6. The van der Waals surface area contributed by atoms with Crippen molar-refractivity contribution >= 4 is 11.3 Å². The molecule has 1 aliphatic heterocycles. The van der Waals surface area contributed by atoms with Crippen molar-refractivity contribution in [1.82, 2.24) is 5.32 Å². The average Bonchev–Trinajstić information content (AvgIpc) is 2.30. The summed E-state index contributed by atoms with van der Waals surface area (Å²) in [5, 5.41) is 15.0. The molecule has 0 aromatic heterocycles. The van der Waals surface area contributed by atoms with E-state index >= 15 is 0 Å². The highest BCUT2D eigenvalue weighted by Crippen LogP contribution is 2.28. The van der Waals surface area contributed by atoms with Crippen LogP contribution in [0.2, 0.25) is 0 Å². The molecular weight excluding hydrogens is 192 g/mol. The lowest BCUT2D eigenvalue weighted by Crippen LogP contribution is -2.13. The van der Waals surface area contributed by atoms with Gasteiger partial charge in [0.2, 0.25) is 0 Å². The molecule has 0 unspecified atom stereocenters. The molecule has 1 radical (unpaired) electrons. The molecule has 0 aliphatic carbocycles. The van der Waals surface area contributed by atoms with Crippen LogP contribution in [-0.2, 0) is 0 Å². The third kappa shape index (κ3) is 2.05. The maximum atomic E-state index is 10.8. The first-order valence-corrected chi connectivity index (χ1v) is 4.85. The smallest absolute Gasteiger partial charge is 0.258 e. The number of hydrogen-bond acceptors (Lipinski definition) is 2. The van der Waals surface area contributed by atoms with Crippen molar-refractivity contribution in [2.24, 2.45) is 0 Å². The van der Waals surface area contributed by atoms with Gasteiger partial charge in [-0.05, 0) is 18.1 Å². The quantitative estimate of drug-likeness (QED) is 0.545.